The summed E-state index contributed by atoms with van der Waals surface area (Å²) in [7, 11) is 0. The molecule has 0 unspecified atom stereocenters. The molecule has 1 aliphatic rings. The highest BCUT2D eigenvalue weighted by Crippen LogP contribution is 2.32. The average molecular weight is 591 g/mol. The third-order valence-electron chi connectivity index (χ3n) is 6.80. The smallest absolute Gasteiger partial charge is 0.416 e. The number of hydrogen-bond acceptors (Lipinski definition) is 4. The summed E-state index contributed by atoms with van der Waals surface area (Å²) < 4.78 is 82.8. The number of carbonyl (C=O) groups excluding carboxylic acids is 2. The van der Waals surface area contributed by atoms with E-state index in [2.05, 4.69) is 5.10 Å². The Hall–Kier alpha value is -4.55. The number of ether oxygens (including phenoxy) is 1. The molecule has 3 aromatic carbocycles. The van der Waals surface area contributed by atoms with Crippen LogP contribution in [0.3, 0.4) is 0 Å². The van der Waals surface area contributed by atoms with Crippen LogP contribution < -0.4 is 10.1 Å². The second-order valence-electron chi connectivity index (χ2n) is 10.1. The average Bonchev–Trinajstić information content (AvgIpc) is 3.29. The molecule has 2 heterocycles. The number of aromatic nitrogens is 2. The molecule has 5 rings (SSSR count). The SMILES string of the molecule is Cc1cc2nn(CC3CN(C(=O)c4ccc(Oc5ccc(C(F)(F)F)cc5)cc4)C3)cc2cc1C(=O)NCC(F)(F)F. The van der Waals surface area contributed by atoms with Crippen LogP contribution in [-0.4, -0.2) is 52.3 Å². The predicted octanol–water partition coefficient (Wildman–Crippen LogP) is 6.22. The van der Waals surface area contributed by atoms with Crippen molar-refractivity contribution in [2.75, 3.05) is 19.6 Å². The van der Waals surface area contributed by atoms with Crippen molar-refractivity contribution in [3.63, 3.8) is 0 Å². The lowest BCUT2D eigenvalue weighted by molar-refractivity contribution is -0.137. The van der Waals surface area contributed by atoms with Crippen molar-refractivity contribution in [3.05, 3.63) is 89.1 Å². The molecule has 13 heteroatoms. The molecular weight excluding hydrogens is 566 g/mol. The molecule has 1 fully saturated rings. The van der Waals surface area contributed by atoms with E-state index >= 15 is 0 Å². The summed E-state index contributed by atoms with van der Waals surface area (Å²) in [5.41, 5.74) is 0.905. The first-order valence-electron chi connectivity index (χ1n) is 12.8. The van der Waals surface area contributed by atoms with Gasteiger partial charge in [-0.05, 0) is 73.2 Å². The van der Waals surface area contributed by atoms with Crippen LogP contribution in [0.5, 0.6) is 11.5 Å². The highest BCUT2D eigenvalue weighted by Gasteiger charge is 2.32. The van der Waals surface area contributed by atoms with Crippen LogP contribution >= 0.6 is 0 Å². The molecule has 0 aliphatic carbocycles. The minimum Gasteiger partial charge on any atom is -0.457 e. The third-order valence-corrected chi connectivity index (χ3v) is 6.80. The summed E-state index contributed by atoms with van der Waals surface area (Å²) in [6, 6.07) is 13.8. The molecule has 0 atom stereocenters. The molecule has 7 nitrogen and oxygen atoms in total. The molecule has 1 N–H and O–H groups in total. The van der Waals surface area contributed by atoms with Gasteiger partial charge in [-0.3, -0.25) is 14.3 Å². The van der Waals surface area contributed by atoms with E-state index in [4.69, 9.17) is 4.74 Å². The van der Waals surface area contributed by atoms with Crippen LogP contribution in [-0.2, 0) is 12.7 Å². The number of amides is 2. The number of nitrogens with zero attached hydrogens (tertiary/aromatic N) is 3. The van der Waals surface area contributed by atoms with Gasteiger partial charge in [0.05, 0.1) is 11.1 Å². The Labute approximate surface area is 235 Å². The van der Waals surface area contributed by atoms with E-state index in [-0.39, 0.29) is 23.1 Å². The highest BCUT2D eigenvalue weighted by molar-refractivity contribution is 5.99. The Kier molecular flexibility index (Phi) is 7.60. The topological polar surface area (TPSA) is 76.5 Å². The largest absolute Gasteiger partial charge is 0.457 e. The number of halogens is 6. The maximum atomic E-state index is 12.9. The van der Waals surface area contributed by atoms with Gasteiger partial charge in [0.1, 0.15) is 18.0 Å². The summed E-state index contributed by atoms with van der Waals surface area (Å²) in [4.78, 5) is 26.8. The lowest BCUT2D eigenvalue weighted by Gasteiger charge is -2.39. The van der Waals surface area contributed by atoms with Crippen LogP contribution in [0.25, 0.3) is 10.9 Å². The van der Waals surface area contributed by atoms with Crippen molar-refractivity contribution >= 4 is 22.7 Å². The van der Waals surface area contributed by atoms with Crippen LogP contribution in [0.4, 0.5) is 26.3 Å². The molecule has 0 radical (unpaired) electrons. The van der Waals surface area contributed by atoms with Crippen LogP contribution in [0.15, 0.2) is 66.9 Å². The quantitative estimate of drug-likeness (QED) is 0.260. The van der Waals surface area contributed by atoms with E-state index in [1.165, 1.54) is 18.2 Å². The van der Waals surface area contributed by atoms with Crippen molar-refractivity contribution in [1.82, 2.24) is 20.0 Å². The minimum atomic E-state index is -4.51. The van der Waals surface area contributed by atoms with Crippen molar-refractivity contribution in [2.45, 2.75) is 25.8 Å². The zero-order valence-electron chi connectivity index (χ0n) is 22.1. The Morgan fingerprint density at radius 1 is 0.952 bits per heavy atom. The van der Waals surface area contributed by atoms with Crippen LogP contribution in [0, 0.1) is 12.8 Å². The summed E-state index contributed by atoms with van der Waals surface area (Å²) in [5, 5.41) is 7.00. The number of nitrogens with one attached hydrogen (secondary N) is 1. The van der Waals surface area contributed by atoms with Gasteiger partial charge in [0, 0.05) is 48.3 Å². The number of likely N-dealkylation sites (tertiary alicyclic amines) is 1. The summed E-state index contributed by atoms with van der Waals surface area (Å²) in [5.74, 6) is -0.263. The lowest BCUT2D eigenvalue weighted by atomic mass is 9.99. The Morgan fingerprint density at radius 2 is 1.57 bits per heavy atom. The van der Waals surface area contributed by atoms with Gasteiger partial charge < -0.3 is 15.0 Å². The zero-order valence-corrected chi connectivity index (χ0v) is 22.1. The second-order valence-corrected chi connectivity index (χ2v) is 10.1. The molecule has 0 spiro atoms. The van der Waals surface area contributed by atoms with Crippen molar-refractivity contribution in [1.29, 1.82) is 0 Å². The minimum absolute atomic E-state index is 0.126. The molecule has 4 aromatic rings. The molecule has 42 heavy (non-hydrogen) atoms. The van der Waals surface area contributed by atoms with Gasteiger partial charge in [-0.25, -0.2) is 0 Å². The van der Waals surface area contributed by atoms with E-state index in [1.54, 1.807) is 53.0 Å². The number of carbonyl (C=O) groups is 2. The summed E-state index contributed by atoms with van der Waals surface area (Å²) in [6.45, 7) is 1.70. The number of aryl methyl sites for hydroxylation is 1. The monoisotopic (exact) mass is 590 g/mol. The fourth-order valence-electron chi connectivity index (χ4n) is 4.65. The van der Waals surface area contributed by atoms with Gasteiger partial charge in [-0.2, -0.15) is 31.4 Å². The van der Waals surface area contributed by atoms with Crippen molar-refractivity contribution in [2.24, 2.45) is 5.92 Å². The van der Waals surface area contributed by atoms with Gasteiger partial charge in [0.15, 0.2) is 0 Å². The number of hydrogen-bond donors (Lipinski definition) is 1. The molecule has 1 aromatic heterocycles. The molecular formula is C29H24F6N4O3. The normalized spacial score (nSPS) is 14.1. The van der Waals surface area contributed by atoms with Gasteiger partial charge >= 0.3 is 12.4 Å². The van der Waals surface area contributed by atoms with E-state index in [1.807, 2.05) is 5.32 Å². The molecule has 220 valence electrons. The van der Waals surface area contributed by atoms with E-state index < -0.39 is 30.4 Å². The van der Waals surface area contributed by atoms with E-state index in [9.17, 15) is 35.9 Å². The molecule has 0 saturated carbocycles. The zero-order chi connectivity index (χ0) is 30.2. The maximum absolute atomic E-state index is 12.9. The highest BCUT2D eigenvalue weighted by atomic mass is 19.4. The number of rotatable bonds is 7. The Bertz CT molecular complexity index is 1610. The molecule has 1 saturated heterocycles. The van der Waals surface area contributed by atoms with E-state index in [0.29, 0.717) is 47.4 Å². The fourth-order valence-corrected chi connectivity index (χ4v) is 4.65. The standard InChI is InChI=1S/C29H24F6N4O3/c1-17-10-25-20(11-24(17)26(40)36-16-28(30,31)32)15-39(37-25)14-18-12-38(13-18)27(41)19-2-6-22(7-3-19)42-23-8-4-21(5-9-23)29(33,34)35/h2-11,15,18H,12-14,16H2,1H3,(H,36,40). The molecule has 0 bridgehead atoms. The van der Waals surface area contributed by atoms with Gasteiger partial charge in [-0.1, -0.05) is 0 Å². The summed E-state index contributed by atoms with van der Waals surface area (Å²) in [6.07, 6.45) is -7.22. The van der Waals surface area contributed by atoms with Crippen LogP contribution in [0.1, 0.15) is 31.8 Å². The fraction of sp³-hybridized carbons (Fsp3) is 0.276. The van der Waals surface area contributed by atoms with Crippen LogP contribution in [0.2, 0.25) is 0 Å². The van der Waals surface area contributed by atoms with Crippen molar-refractivity contribution < 1.29 is 40.7 Å². The first-order chi connectivity index (χ1) is 19.7. The third kappa shape index (κ3) is 6.67. The second kappa shape index (κ2) is 11.0. The summed E-state index contributed by atoms with van der Waals surface area (Å²) >= 11 is 0. The van der Waals surface area contributed by atoms with Gasteiger partial charge in [0.2, 0.25) is 0 Å². The van der Waals surface area contributed by atoms with Gasteiger partial charge in [0.25, 0.3) is 11.8 Å². The lowest BCUT2D eigenvalue weighted by Crippen LogP contribution is -2.51. The first kappa shape index (κ1) is 29.0. The molecule has 2 amide bonds. The van der Waals surface area contributed by atoms with Crippen molar-refractivity contribution in [3.8, 4) is 11.5 Å². The number of fused-ring (bicyclic) bond motifs is 1. The first-order valence-corrected chi connectivity index (χ1v) is 12.8. The number of benzene rings is 3. The number of alkyl halides is 6. The Morgan fingerprint density at radius 3 is 2.17 bits per heavy atom. The van der Waals surface area contributed by atoms with Gasteiger partial charge in [-0.15, -0.1) is 0 Å². The van der Waals surface area contributed by atoms with E-state index in [0.717, 1.165) is 12.1 Å². The molecule has 1 aliphatic heterocycles. The Balaban J connectivity index is 1.14. The predicted molar refractivity (Wildman–Crippen MR) is 140 cm³/mol. The maximum Gasteiger partial charge on any atom is 0.416 e.